The maximum Gasteiger partial charge on any atom is 0.168 e. The van der Waals surface area contributed by atoms with Crippen molar-refractivity contribution in [3.05, 3.63) is 47.5 Å². The monoisotopic (exact) mass is 318 g/mol. The fourth-order valence-corrected chi connectivity index (χ4v) is 2.74. The SMILES string of the molecule is COc1cccc(C(C)CCC(C)n2cc(C(C)C)cn2)c1F. The van der Waals surface area contributed by atoms with E-state index < -0.39 is 0 Å². The van der Waals surface area contributed by atoms with Gasteiger partial charge in [0.05, 0.1) is 13.3 Å². The lowest BCUT2D eigenvalue weighted by molar-refractivity contribution is 0.379. The molecule has 4 heteroatoms. The second-order valence-corrected chi connectivity index (χ2v) is 6.60. The van der Waals surface area contributed by atoms with Crippen molar-refractivity contribution < 1.29 is 9.13 Å². The minimum absolute atomic E-state index is 0.146. The molecule has 0 fully saturated rings. The summed E-state index contributed by atoms with van der Waals surface area (Å²) in [5.74, 6) is 0.709. The average molecular weight is 318 g/mol. The zero-order chi connectivity index (χ0) is 17.0. The number of hydrogen-bond donors (Lipinski definition) is 0. The molecule has 3 nitrogen and oxygen atoms in total. The lowest BCUT2D eigenvalue weighted by Crippen LogP contribution is -2.08. The van der Waals surface area contributed by atoms with Gasteiger partial charge in [0.15, 0.2) is 11.6 Å². The zero-order valence-electron chi connectivity index (χ0n) is 14.7. The predicted molar refractivity (Wildman–Crippen MR) is 91.6 cm³/mol. The van der Waals surface area contributed by atoms with Gasteiger partial charge in [-0.2, -0.15) is 5.10 Å². The van der Waals surface area contributed by atoms with Gasteiger partial charge in [-0.3, -0.25) is 4.68 Å². The summed E-state index contributed by atoms with van der Waals surface area (Å²) >= 11 is 0. The molecule has 2 aromatic rings. The topological polar surface area (TPSA) is 27.1 Å². The molecule has 2 rings (SSSR count). The largest absolute Gasteiger partial charge is 0.494 e. The van der Waals surface area contributed by atoms with Crippen molar-refractivity contribution in [3.8, 4) is 5.75 Å². The van der Waals surface area contributed by atoms with E-state index in [1.807, 2.05) is 23.0 Å². The molecule has 2 atom stereocenters. The van der Waals surface area contributed by atoms with E-state index >= 15 is 0 Å². The molecular formula is C19H27FN2O. The summed E-state index contributed by atoms with van der Waals surface area (Å²) in [5, 5.41) is 4.46. The lowest BCUT2D eigenvalue weighted by Gasteiger charge is -2.18. The molecule has 0 aliphatic carbocycles. The van der Waals surface area contributed by atoms with Gasteiger partial charge in [-0.05, 0) is 48.8 Å². The van der Waals surface area contributed by atoms with Gasteiger partial charge < -0.3 is 4.74 Å². The first-order chi connectivity index (χ1) is 10.9. The zero-order valence-corrected chi connectivity index (χ0v) is 14.7. The number of hydrogen-bond acceptors (Lipinski definition) is 2. The van der Waals surface area contributed by atoms with Gasteiger partial charge in [0.25, 0.3) is 0 Å². The van der Waals surface area contributed by atoms with Gasteiger partial charge in [-0.15, -0.1) is 0 Å². The van der Waals surface area contributed by atoms with Crippen LogP contribution in [-0.2, 0) is 0 Å². The second kappa shape index (κ2) is 7.62. The van der Waals surface area contributed by atoms with Crippen molar-refractivity contribution >= 4 is 0 Å². The summed E-state index contributed by atoms with van der Waals surface area (Å²) in [6, 6.07) is 5.65. The van der Waals surface area contributed by atoms with Crippen molar-refractivity contribution in [1.82, 2.24) is 9.78 Å². The average Bonchev–Trinajstić information content (AvgIpc) is 3.03. The molecule has 0 aliphatic heterocycles. The summed E-state index contributed by atoms with van der Waals surface area (Å²) in [4.78, 5) is 0. The Morgan fingerprint density at radius 1 is 1.17 bits per heavy atom. The van der Waals surface area contributed by atoms with E-state index in [1.54, 1.807) is 6.07 Å². The number of aromatic nitrogens is 2. The molecule has 1 aromatic heterocycles. The van der Waals surface area contributed by atoms with Crippen LogP contribution in [0.4, 0.5) is 4.39 Å². The van der Waals surface area contributed by atoms with E-state index in [1.165, 1.54) is 12.7 Å². The predicted octanol–water partition coefficient (Wildman–Crippen LogP) is 5.30. The maximum absolute atomic E-state index is 14.3. The molecule has 1 heterocycles. The molecule has 1 aromatic carbocycles. The Labute approximate surface area is 138 Å². The van der Waals surface area contributed by atoms with Crippen LogP contribution < -0.4 is 4.74 Å². The number of benzene rings is 1. The molecule has 0 radical (unpaired) electrons. The maximum atomic E-state index is 14.3. The second-order valence-electron chi connectivity index (χ2n) is 6.60. The van der Waals surface area contributed by atoms with Gasteiger partial charge in [0.2, 0.25) is 0 Å². The van der Waals surface area contributed by atoms with Crippen LogP contribution in [0, 0.1) is 5.82 Å². The summed E-state index contributed by atoms with van der Waals surface area (Å²) in [6.07, 6.45) is 5.91. The number of rotatable bonds is 7. The summed E-state index contributed by atoms with van der Waals surface area (Å²) in [7, 11) is 1.50. The van der Waals surface area contributed by atoms with E-state index in [9.17, 15) is 4.39 Å². The minimum Gasteiger partial charge on any atom is -0.494 e. The van der Waals surface area contributed by atoms with E-state index in [2.05, 4.69) is 39.0 Å². The van der Waals surface area contributed by atoms with Crippen LogP contribution in [0.5, 0.6) is 5.75 Å². The fourth-order valence-electron chi connectivity index (χ4n) is 2.74. The Morgan fingerprint density at radius 3 is 2.52 bits per heavy atom. The summed E-state index contributed by atoms with van der Waals surface area (Å²) in [6.45, 7) is 8.55. The van der Waals surface area contributed by atoms with Crippen molar-refractivity contribution in [3.63, 3.8) is 0 Å². The van der Waals surface area contributed by atoms with E-state index in [0.29, 0.717) is 17.7 Å². The molecule has 0 aliphatic rings. The van der Waals surface area contributed by atoms with Crippen LogP contribution in [0.2, 0.25) is 0 Å². The molecule has 2 unspecified atom stereocenters. The van der Waals surface area contributed by atoms with Crippen molar-refractivity contribution in [1.29, 1.82) is 0 Å². The Kier molecular flexibility index (Phi) is 5.80. The van der Waals surface area contributed by atoms with E-state index in [-0.39, 0.29) is 11.7 Å². The van der Waals surface area contributed by atoms with Gasteiger partial charge in [-0.1, -0.05) is 32.9 Å². The third-order valence-electron chi connectivity index (χ3n) is 4.50. The molecule has 126 valence electrons. The van der Waals surface area contributed by atoms with Crippen LogP contribution in [0.15, 0.2) is 30.6 Å². The Bertz CT molecular complexity index is 636. The number of nitrogens with zero attached hydrogens (tertiary/aromatic N) is 2. The quantitative estimate of drug-likeness (QED) is 0.692. The Hall–Kier alpha value is -1.84. The van der Waals surface area contributed by atoms with Crippen molar-refractivity contribution in [2.75, 3.05) is 7.11 Å². The molecule has 0 spiro atoms. The third-order valence-corrected chi connectivity index (χ3v) is 4.50. The highest BCUT2D eigenvalue weighted by Gasteiger charge is 2.16. The molecular weight excluding hydrogens is 291 g/mol. The summed E-state index contributed by atoms with van der Waals surface area (Å²) < 4.78 is 21.4. The van der Waals surface area contributed by atoms with Crippen LogP contribution in [0.1, 0.15) is 69.5 Å². The smallest absolute Gasteiger partial charge is 0.168 e. The summed E-state index contributed by atoms with van der Waals surface area (Å²) in [5.41, 5.74) is 1.98. The first kappa shape index (κ1) is 17.5. The van der Waals surface area contributed by atoms with E-state index in [4.69, 9.17) is 4.74 Å². The first-order valence-electron chi connectivity index (χ1n) is 8.30. The van der Waals surface area contributed by atoms with Crippen LogP contribution >= 0.6 is 0 Å². The number of methoxy groups -OCH3 is 1. The molecule has 0 saturated carbocycles. The van der Waals surface area contributed by atoms with Crippen LogP contribution in [0.25, 0.3) is 0 Å². The Balaban J connectivity index is 1.99. The molecule has 0 N–H and O–H groups in total. The fraction of sp³-hybridized carbons (Fsp3) is 0.526. The van der Waals surface area contributed by atoms with Crippen molar-refractivity contribution in [2.24, 2.45) is 0 Å². The standard InChI is InChI=1S/C19H27FN2O/c1-13(2)16-11-21-22(12-16)15(4)10-9-14(3)17-7-6-8-18(23-5)19(17)20/h6-8,11-15H,9-10H2,1-5H3. The van der Waals surface area contributed by atoms with Gasteiger partial charge >= 0.3 is 0 Å². The van der Waals surface area contributed by atoms with Gasteiger partial charge in [0.1, 0.15) is 0 Å². The van der Waals surface area contributed by atoms with E-state index in [0.717, 1.165) is 18.4 Å². The van der Waals surface area contributed by atoms with Crippen molar-refractivity contribution in [2.45, 2.75) is 58.4 Å². The van der Waals surface area contributed by atoms with Gasteiger partial charge in [-0.25, -0.2) is 4.39 Å². The van der Waals surface area contributed by atoms with Gasteiger partial charge in [0, 0.05) is 12.2 Å². The van der Waals surface area contributed by atoms with Crippen LogP contribution in [0.3, 0.4) is 0 Å². The highest BCUT2D eigenvalue weighted by molar-refractivity contribution is 5.33. The minimum atomic E-state index is -0.240. The third kappa shape index (κ3) is 4.12. The molecule has 23 heavy (non-hydrogen) atoms. The number of halogens is 1. The normalized spacial score (nSPS) is 14.0. The highest BCUT2D eigenvalue weighted by Crippen LogP contribution is 2.30. The molecule has 0 amide bonds. The molecule has 0 bridgehead atoms. The van der Waals surface area contributed by atoms with Crippen LogP contribution in [-0.4, -0.2) is 16.9 Å². The lowest BCUT2D eigenvalue weighted by atomic mass is 9.94. The Morgan fingerprint density at radius 2 is 1.91 bits per heavy atom. The highest BCUT2D eigenvalue weighted by atomic mass is 19.1. The first-order valence-corrected chi connectivity index (χ1v) is 8.30. The number of ether oxygens (including phenoxy) is 1. The molecule has 0 saturated heterocycles.